The number of ether oxygens (including phenoxy) is 1. The van der Waals surface area contributed by atoms with Crippen molar-refractivity contribution in [2.75, 3.05) is 18.6 Å². The topological polar surface area (TPSA) is 79.0 Å². The minimum atomic E-state index is -0.850. The van der Waals surface area contributed by atoms with Crippen LogP contribution in [0, 0.1) is 6.92 Å². The molecule has 1 heterocycles. The Hall–Kier alpha value is -3.35. The van der Waals surface area contributed by atoms with Crippen molar-refractivity contribution in [2.24, 2.45) is 0 Å². The molecule has 1 fully saturated rings. The summed E-state index contributed by atoms with van der Waals surface area (Å²) in [7, 11) is 1.58. The molecule has 0 unspecified atom stereocenters. The van der Waals surface area contributed by atoms with Gasteiger partial charge in [0.1, 0.15) is 11.8 Å². The highest BCUT2D eigenvalue weighted by atomic mass is 16.5. The van der Waals surface area contributed by atoms with Gasteiger partial charge in [-0.25, -0.2) is 9.69 Å². The van der Waals surface area contributed by atoms with Crippen LogP contribution in [-0.2, 0) is 16.1 Å². The fraction of sp³-hybridized carbons (Fsp3) is 0.318. The van der Waals surface area contributed by atoms with Gasteiger partial charge in [0.25, 0.3) is 5.91 Å². The van der Waals surface area contributed by atoms with Crippen molar-refractivity contribution < 1.29 is 19.1 Å². The molecule has 0 bridgehead atoms. The maximum Gasteiger partial charge on any atom is 0.332 e. The van der Waals surface area contributed by atoms with Crippen molar-refractivity contribution in [2.45, 2.75) is 32.9 Å². The Morgan fingerprint density at radius 1 is 1.07 bits per heavy atom. The Morgan fingerprint density at radius 2 is 1.72 bits per heavy atom. The Labute approximate surface area is 170 Å². The molecular formula is C22H25N3O4. The number of benzene rings is 2. The van der Waals surface area contributed by atoms with Crippen LogP contribution < -0.4 is 15.0 Å². The van der Waals surface area contributed by atoms with Crippen LogP contribution in [-0.4, -0.2) is 42.4 Å². The molecule has 0 aromatic heterocycles. The number of urea groups is 1. The summed E-state index contributed by atoms with van der Waals surface area (Å²) in [6.07, 6.45) is -0.0725. The lowest BCUT2D eigenvalue weighted by molar-refractivity contribution is -0.127. The summed E-state index contributed by atoms with van der Waals surface area (Å²) in [5, 5.41) is 2.71. The summed E-state index contributed by atoms with van der Waals surface area (Å²) in [6.45, 7) is 4.44. The summed E-state index contributed by atoms with van der Waals surface area (Å²) < 4.78 is 5.17. The maximum absolute atomic E-state index is 13.2. The predicted molar refractivity (Wildman–Crippen MR) is 110 cm³/mol. The molecule has 1 aliphatic rings. The summed E-state index contributed by atoms with van der Waals surface area (Å²) in [5.74, 6) is 0.0560. The van der Waals surface area contributed by atoms with Gasteiger partial charge in [-0.2, -0.15) is 0 Å². The van der Waals surface area contributed by atoms with E-state index in [1.54, 1.807) is 31.4 Å². The first-order chi connectivity index (χ1) is 13.9. The van der Waals surface area contributed by atoms with Crippen molar-refractivity contribution in [3.05, 3.63) is 59.7 Å². The van der Waals surface area contributed by atoms with E-state index in [1.165, 1.54) is 4.90 Å². The number of rotatable bonds is 7. The first-order valence-corrected chi connectivity index (χ1v) is 9.55. The number of hydrogen-bond acceptors (Lipinski definition) is 4. The fourth-order valence-corrected chi connectivity index (χ4v) is 3.32. The Kier molecular flexibility index (Phi) is 6.16. The Morgan fingerprint density at radius 3 is 2.31 bits per heavy atom. The molecule has 3 rings (SSSR count). The van der Waals surface area contributed by atoms with E-state index in [0.29, 0.717) is 18.0 Å². The van der Waals surface area contributed by atoms with Gasteiger partial charge >= 0.3 is 6.03 Å². The van der Waals surface area contributed by atoms with Gasteiger partial charge in [-0.15, -0.1) is 0 Å². The molecule has 1 N–H and O–H groups in total. The molecular weight excluding hydrogens is 370 g/mol. The predicted octanol–water partition coefficient (Wildman–Crippen LogP) is 2.87. The van der Waals surface area contributed by atoms with Crippen LogP contribution in [0.1, 0.15) is 24.5 Å². The van der Waals surface area contributed by atoms with Crippen molar-refractivity contribution >= 4 is 23.5 Å². The van der Waals surface area contributed by atoms with Gasteiger partial charge in [0.15, 0.2) is 0 Å². The van der Waals surface area contributed by atoms with E-state index < -0.39 is 18.0 Å². The van der Waals surface area contributed by atoms with Gasteiger partial charge in [0, 0.05) is 13.1 Å². The second kappa shape index (κ2) is 8.77. The second-order valence-electron chi connectivity index (χ2n) is 6.94. The molecule has 1 saturated heterocycles. The molecule has 7 heteroatoms. The van der Waals surface area contributed by atoms with Gasteiger partial charge in [0.05, 0.1) is 19.2 Å². The minimum Gasteiger partial charge on any atom is -0.497 e. The van der Waals surface area contributed by atoms with E-state index in [-0.39, 0.29) is 18.9 Å². The molecule has 2 aromatic rings. The normalized spacial score (nSPS) is 16.3. The van der Waals surface area contributed by atoms with Crippen LogP contribution in [0.4, 0.5) is 10.5 Å². The maximum atomic E-state index is 13.2. The summed E-state index contributed by atoms with van der Waals surface area (Å²) in [6, 6.07) is 13.2. The average Bonchev–Trinajstić information content (AvgIpc) is 2.93. The van der Waals surface area contributed by atoms with Crippen molar-refractivity contribution in [3.63, 3.8) is 0 Å². The van der Waals surface area contributed by atoms with Crippen LogP contribution in [0.15, 0.2) is 48.5 Å². The lowest BCUT2D eigenvalue weighted by atomic mass is 10.1. The summed E-state index contributed by atoms with van der Waals surface area (Å²) in [5.41, 5.74) is 2.38. The van der Waals surface area contributed by atoms with Crippen molar-refractivity contribution in [3.8, 4) is 5.75 Å². The number of amides is 4. The molecule has 1 aliphatic heterocycles. The molecule has 2 aromatic carbocycles. The molecule has 29 heavy (non-hydrogen) atoms. The van der Waals surface area contributed by atoms with Crippen LogP contribution in [0.5, 0.6) is 5.75 Å². The molecule has 152 valence electrons. The van der Waals surface area contributed by atoms with Gasteiger partial charge in [-0.1, -0.05) is 29.8 Å². The molecule has 7 nitrogen and oxygen atoms in total. The van der Waals surface area contributed by atoms with Gasteiger partial charge in [0.2, 0.25) is 5.91 Å². The lowest BCUT2D eigenvalue weighted by Gasteiger charge is -2.21. The first kappa shape index (κ1) is 20.4. The van der Waals surface area contributed by atoms with Gasteiger partial charge in [-0.3, -0.25) is 9.59 Å². The smallest absolute Gasteiger partial charge is 0.332 e. The third-order valence-electron chi connectivity index (χ3n) is 4.88. The molecule has 0 aliphatic carbocycles. The highest BCUT2D eigenvalue weighted by Crippen LogP contribution is 2.29. The van der Waals surface area contributed by atoms with Crippen LogP contribution >= 0.6 is 0 Å². The van der Waals surface area contributed by atoms with Crippen molar-refractivity contribution in [1.82, 2.24) is 10.2 Å². The number of carbonyl (C=O) groups excluding carboxylic acids is 3. The van der Waals surface area contributed by atoms with E-state index in [2.05, 4.69) is 5.32 Å². The third-order valence-corrected chi connectivity index (χ3v) is 4.88. The van der Waals surface area contributed by atoms with Crippen LogP contribution in [0.25, 0.3) is 0 Å². The van der Waals surface area contributed by atoms with Crippen molar-refractivity contribution in [1.29, 1.82) is 0 Å². The molecule has 0 radical (unpaired) electrons. The zero-order valence-electron chi connectivity index (χ0n) is 16.8. The zero-order chi connectivity index (χ0) is 21.0. The van der Waals surface area contributed by atoms with E-state index in [1.807, 2.05) is 38.1 Å². The second-order valence-corrected chi connectivity index (χ2v) is 6.94. The monoisotopic (exact) mass is 395 g/mol. The lowest BCUT2D eigenvalue weighted by Crippen LogP contribution is -2.39. The Bertz CT molecular complexity index is 893. The van der Waals surface area contributed by atoms with Crippen LogP contribution in [0.3, 0.4) is 0 Å². The number of aryl methyl sites for hydroxylation is 1. The third kappa shape index (κ3) is 4.39. The zero-order valence-corrected chi connectivity index (χ0v) is 16.8. The summed E-state index contributed by atoms with van der Waals surface area (Å²) in [4.78, 5) is 41.1. The largest absolute Gasteiger partial charge is 0.497 e. The van der Waals surface area contributed by atoms with E-state index in [4.69, 9.17) is 4.74 Å². The summed E-state index contributed by atoms with van der Waals surface area (Å²) >= 11 is 0. The van der Waals surface area contributed by atoms with E-state index in [9.17, 15) is 14.4 Å². The van der Waals surface area contributed by atoms with Gasteiger partial charge in [-0.05, 0) is 43.7 Å². The number of carbonyl (C=O) groups is 3. The van der Waals surface area contributed by atoms with Crippen LogP contribution in [0.2, 0.25) is 0 Å². The molecule has 0 saturated carbocycles. The molecule has 4 amide bonds. The molecule has 0 spiro atoms. The number of methoxy groups -OCH3 is 1. The average molecular weight is 395 g/mol. The molecule has 1 atom stereocenters. The highest BCUT2D eigenvalue weighted by Gasteiger charge is 2.46. The fourth-order valence-electron chi connectivity index (χ4n) is 3.32. The number of anilines is 1. The SMILES string of the molecule is CCNC(=O)C[C@@H]1C(=O)N(c2ccc(C)cc2)C(=O)N1Cc1ccc(OC)cc1. The number of hydrogen-bond donors (Lipinski definition) is 1. The number of imide groups is 1. The Balaban J connectivity index is 1.90. The number of nitrogens with zero attached hydrogens (tertiary/aromatic N) is 2. The standard InChI is InChI=1S/C22H25N3O4/c1-4-23-20(26)13-19-21(27)25(17-9-5-15(2)6-10-17)22(28)24(19)14-16-7-11-18(29-3)12-8-16/h5-12,19H,4,13-14H2,1-3H3,(H,23,26)/t19-/m1/s1. The van der Waals surface area contributed by atoms with Gasteiger partial charge < -0.3 is 15.0 Å². The quantitative estimate of drug-likeness (QED) is 0.731. The van der Waals surface area contributed by atoms with E-state index >= 15 is 0 Å². The highest BCUT2D eigenvalue weighted by molar-refractivity contribution is 6.22. The minimum absolute atomic E-state index is 0.0725. The first-order valence-electron chi connectivity index (χ1n) is 9.55. The van der Waals surface area contributed by atoms with E-state index in [0.717, 1.165) is 16.0 Å². The number of nitrogens with one attached hydrogen (secondary N) is 1.